The lowest BCUT2D eigenvalue weighted by Crippen LogP contribution is -1.89. The molecule has 0 aliphatic carbocycles. The Bertz CT molecular complexity index is 551. The van der Waals surface area contributed by atoms with Gasteiger partial charge >= 0.3 is 0 Å². The van der Waals surface area contributed by atoms with E-state index in [0.717, 1.165) is 5.69 Å². The first-order valence-electron chi connectivity index (χ1n) is 4.69. The molecule has 5 heteroatoms. The molecule has 0 unspecified atom stereocenters. The number of rotatable bonds is 2. The van der Waals surface area contributed by atoms with E-state index in [9.17, 15) is 4.79 Å². The van der Waals surface area contributed by atoms with Gasteiger partial charge in [0, 0.05) is 13.1 Å². The van der Waals surface area contributed by atoms with Crippen LogP contribution in [0, 0.1) is 6.92 Å². The van der Waals surface area contributed by atoms with Crippen molar-refractivity contribution < 1.29 is 4.79 Å². The highest BCUT2D eigenvalue weighted by molar-refractivity contribution is 7.17. The molecule has 2 rings (SSSR count). The van der Waals surface area contributed by atoms with Gasteiger partial charge in [-0.1, -0.05) is 11.6 Å². The summed E-state index contributed by atoms with van der Waals surface area (Å²) in [5.74, 6) is 0.0216. The van der Waals surface area contributed by atoms with Crippen molar-refractivity contribution >= 4 is 28.7 Å². The largest absolute Gasteiger partial charge is 0.294 e. The van der Waals surface area contributed by atoms with Crippen LogP contribution in [0.4, 0.5) is 0 Å². The van der Waals surface area contributed by atoms with Crippen molar-refractivity contribution in [3.63, 3.8) is 0 Å². The zero-order valence-electron chi connectivity index (χ0n) is 8.82. The minimum Gasteiger partial charge on any atom is -0.294 e. The second kappa shape index (κ2) is 4.31. The lowest BCUT2D eigenvalue weighted by Gasteiger charge is -1.96. The summed E-state index contributed by atoms with van der Waals surface area (Å²) in [4.78, 5) is 20.5. The summed E-state index contributed by atoms with van der Waals surface area (Å²) < 4.78 is 0. The maximum Gasteiger partial charge on any atom is 0.171 e. The van der Waals surface area contributed by atoms with Gasteiger partial charge in [0.15, 0.2) is 5.78 Å². The van der Waals surface area contributed by atoms with E-state index in [2.05, 4.69) is 9.97 Å². The fourth-order valence-electron chi connectivity index (χ4n) is 1.37. The summed E-state index contributed by atoms with van der Waals surface area (Å²) in [7, 11) is 0. The zero-order chi connectivity index (χ0) is 11.7. The van der Waals surface area contributed by atoms with E-state index in [0.29, 0.717) is 20.6 Å². The Morgan fingerprint density at radius 2 is 2.25 bits per heavy atom. The summed E-state index contributed by atoms with van der Waals surface area (Å²) in [6.45, 7) is 3.35. The van der Waals surface area contributed by atoms with Gasteiger partial charge in [-0.3, -0.25) is 9.78 Å². The summed E-state index contributed by atoms with van der Waals surface area (Å²) >= 11 is 7.35. The summed E-state index contributed by atoms with van der Waals surface area (Å²) in [6, 6.07) is 3.52. The Morgan fingerprint density at radius 3 is 2.81 bits per heavy atom. The summed E-state index contributed by atoms with van der Waals surface area (Å²) in [6.07, 6.45) is 1.66. The molecule has 2 aromatic rings. The molecular weight excluding hydrogens is 244 g/mol. The fourth-order valence-corrected chi connectivity index (χ4v) is 2.61. The molecule has 0 aliphatic heterocycles. The van der Waals surface area contributed by atoms with Gasteiger partial charge < -0.3 is 0 Å². The van der Waals surface area contributed by atoms with Crippen LogP contribution in [-0.2, 0) is 0 Å². The van der Waals surface area contributed by atoms with E-state index in [1.54, 1.807) is 18.3 Å². The number of Topliss-reactive ketones (excluding diaryl/α,β-unsaturated/α-hetero) is 1. The Labute approximate surface area is 102 Å². The van der Waals surface area contributed by atoms with Crippen LogP contribution in [-0.4, -0.2) is 15.8 Å². The van der Waals surface area contributed by atoms with Crippen molar-refractivity contribution in [2.75, 3.05) is 0 Å². The minimum absolute atomic E-state index is 0.0216. The number of carbonyl (C=O) groups is 1. The third-order valence-corrected chi connectivity index (χ3v) is 3.65. The maximum absolute atomic E-state index is 11.3. The third-order valence-electron chi connectivity index (χ3n) is 2.08. The average molecular weight is 253 g/mol. The topological polar surface area (TPSA) is 42.9 Å². The number of aryl methyl sites for hydroxylation is 1. The molecule has 0 spiro atoms. The SMILES string of the molecule is CC(=O)c1sc(-c2ncccc2Cl)nc1C. The lowest BCUT2D eigenvalue weighted by molar-refractivity contribution is 0.102. The van der Waals surface area contributed by atoms with Crippen LogP contribution in [0.5, 0.6) is 0 Å². The molecular formula is C11H9ClN2OS. The van der Waals surface area contributed by atoms with E-state index in [1.165, 1.54) is 18.3 Å². The van der Waals surface area contributed by atoms with Gasteiger partial charge in [0.05, 0.1) is 15.6 Å². The predicted molar refractivity (Wildman–Crippen MR) is 65.1 cm³/mol. The zero-order valence-corrected chi connectivity index (χ0v) is 10.4. The summed E-state index contributed by atoms with van der Waals surface area (Å²) in [5.41, 5.74) is 1.36. The van der Waals surface area contributed by atoms with Gasteiger partial charge in [-0.2, -0.15) is 0 Å². The molecule has 0 saturated carbocycles. The lowest BCUT2D eigenvalue weighted by atomic mass is 10.3. The van der Waals surface area contributed by atoms with E-state index in [1.807, 2.05) is 6.92 Å². The molecule has 2 heterocycles. The van der Waals surface area contributed by atoms with Crippen LogP contribution in [0.15, 0.2) is 18.3 Å². The molecule has 0 amide bonds. The molecule has 2 aromatic heterocycles. The molecule has 0 fully saturated rings. The van der Waals surface area contributed by atoms with E-state index in [4.69, 9.17) is 11.6 Å². The number of nitrogens with zero attached hydrogens (tertiary/aromatic N) is 2. The van der Waals surface area contributed by atoms with Crippen LogP contribution >= 0.6 is 22.9 Å². The number of ketones is 1. The van der Waals surface area contributed by atoms with Gasteiger partial charge in [-0.15, -0.1) is 11.3 Å². The van der Waals surface area contributed by atoms with Gasteiger partial charge in [0.1, 0.15) is 10.7 Å². The smallest absolute Gasteiger partial charge is 0.171 e. The van der Waals surface area contributed by atoms with Gasteiger partial charge in [0.25, 0.3) is 0 Å². The van der Waals surface area contributed by atoms with Crippen molar-refractivity contribution in [1.29, 1.82) is 0 Å². The number of halogens is 1. The monoisotopic (exact) mass is 252 g/mol. The van der Waals surface area contributed by atoms with E-state index >= 15 is 0 Å². The number of pyridine rings is 1. The number of hydrogen-bond acceptors (Lipinski definition) is 4. The molecule has 0 saturated heterocycles. The second-order valence-electron chi connectivity index (χ2n) is 3.32. The highest BCUT2D eigenvalue weighted by Crippen LogP contribution is 2.31. The first kappa shape index (κ1) is 11.2. The molecule has 0 radical (unpaired) electrons. The first-order valence-corrected chi connectivity index (χ1v) is 5.88. The second-order valence-corrected chi connectivity index (χ2v) is 4.73. The van der Waals surface area contributed by atoms with Gasteiger partial charge in [-0.25, -0.2) is 4.98 Å². The van der Waals surface area contributed by atoms with Crippen LogP contribution in [0.25, 0.3) is 10.7 Å². The molecule has 0 aliphatic rings. The van der Waals surface area contributed by atoms with Crippen molar-refractivity contribution in [2.24, 2.45) is 0 Å². The maximum atomic E-state index is 11.3. The van der Waals surface area contributed by atoms with E-state index in [-0.39, 0.29) is 5.78 Å². The third kappa shape index (κ3) is 1.99. The molecule has 82 valence electrons. The van der Waals surface area contributed by atoms with Gasteiger partial charge in [0.2, 0.25) is 0 Å². The van der Waals surface area contributed by atoms with Crippen LogP contribution < -0.4 is 0 Å². The molecule has 16 heavy (non-hydrogen) atoms. The normalized spacial score (nSPS) is 10.4. The Morgan fingerprint density at radius 1 is 1.50 bits per heavy atom. The number of aromatic nitrogens is 2. The Hall–Kier alpha value is -1.26. The quantitative estimate of drug-likeness (QED) is 0.770. The number of thiazole rings is 1. The van der Waals surface area contributed by atoms with Gasteiger partial charge in [-0.05, 0) is 19.1 Å². The highest BCUT2D eigenvalue weighted by atomic mass is 35.5. The molecule has 0 aromatic carbocycles. The number of hydrogen-bond donors (Lipinski definition) is 0. The fraction of sp³-hybridized carbons (Fsp3) is 0.182. The van der Waals surface area contributed by atoms with Crippen molar-refractivity contribution in [3.05, 3.63) is 33.9 Å². The summed E-state index contributed by atoms with van der Waals surface area (Å²) in [5, 5.41) is 1.24. The predicted octanol–water partition coefficient (Wildman–Crippen LogP) is 3.37. The van der Waals surface area contributed by atoms with E-state index < -0.39 is 0 Å². The number of carbonyl (C=O) groups excluding carboxylic acids is 1. The standard InChI is InChI=1S/C11H9ClN2OS/c1-6-10(7(2)15)16-11(14-6)9-8(12)4-3-5-13-9/h3-5H,1-2H3. The molecule has 0 N–H and O–H groups in total. The molecule has 0 atom stereocenters. The highest BCUT2D eigenvalue weighted by Gasteiger charge is 2.15. The Kier molecular flexibility index (Phi) is 3.03. The molecule has 3 nitrogen and oxygen atoms in total. The average Bonchev–Trinajstić information content (AvgIpc) is 2.61. The molecule has 0 bridgehead atoms. The van der Waals surface area contributed by atoms with Crippen molar-refractivity contribution in [1.82, 2.24) is 9.97 Å². The van der Waals surface area contributed by atoms with Crippen molar-refractivity contribution in [2.45, 2.75) is 13.8 Å². The minimum atomic E-state index is 0.0216. The first-order chi connectivity index (χ1) is 7.59. The van der Waals surface area contributed by atoms with Crippen LogP contribution in [0.1, 0.15) is 22.3 Å². The Balaban J connectivity index is 2.54. The van der Waals surface area contributed by atoms with Crippen LogP contribution in [0.3, 0.4) is 0 Å². The van der Waals surface area contributed by atoms with Crippen molar-refractivity contribution in [3.8, 4) is 10.7 Å². The van der Waals surface area contributed by atoms with Crippen LogP contribution in [0.2, 0.25) is 5.02 Å².